The number of carboxylic acid groups (broad SMARTS) is 1. The molecule has 0 aliphatic heterocycles. The Morgan fingerprint density at radius 1 is 1.23 bits per heavy atom. The Bertz CT molecular complexity index is 718. The van der Waals surface area contributed by atoms with Gasteiger partial charge in [-0.05, 0) is 32.9 Å². The van der Waals surface area contributed by atoms with Gasteiger partial charge in [0, 0.05) is 5.02 Å². The molecule has 1 atom stereocenters. The van der Waals surface area contributed by atoms with E-state index < -0.39 is 52.9 Å². The molecule has 0 radical (unpaired) electrons. The van der Waals surface area contributed by atoms with E-state index in [1.54, 1.807) is 0 Å². The minimum absolute atomic E-state index is 0.299. The van der Waals surface area contributed by atoms with Crippen molar-refractivity contribution in [2.45, 2.75) is 38.1 Å². The summed E-state index contributed by atoms with van der Waals surface area (Å²) in [5.41, 5.74) is 5.36. The Balaban J connectivity index is 3.23. The van der Waals surface area contributed by atoms with E-state index >= 15 is 0 Å². The molecule has 1 aromatic carbocycles. The summed E-state index contributed by atoms with van der Waals surface area (Å²) in [7, 11) is 0. The highest BCUT2D eigenvalue weighted by molar-refractivity contribution is 6.31. The van der Waals surface area contributed by atoms with Crippen LogP contribution in [0.25, 0.3) is 0 Å². The van der Waals surface area contributed by atoms with Crippen LogP contribution in [0, 0.1) is 0 Å². The van der Waals surface area contributed by atoms with E-state index in [4.69, 9.17) is 32.5 Å². The van der Waals surface area contributed by atoms with Crippen LogP contribution < -0.4 is 16.2 Å². The third-order valence-corrected chi connectivity index (χ3v) is 3.19. The van der Waals surface area contributed by atoms with Crippen molar-refractivity contribution in [1.29, 1.82) is 0 Å². The second kappa shape index (κ2) is 7.20. The predicted molar refractivity (Wildman–Crippen MR) is 86.8 cm³/mol. The minimum Gasteiger partial charge on any atom is -0.488 e. The van der Waals surface area contributed by atoms with Gasteiger partial charge in [0.15, 0.2) is 5.75 Å². The Kier molecular flexibility index (Phi) is 6.05. The first-order valence-corrected chi connectivity index (χ1v) is 7.50. The molecule has 0 fully saturated rings. The molecule has 146 valence electrons. The number of anilines is 1. The molecule has 1 aromatic rings. The van der Waals surface area contributed by atoms with Crippen molar-refractivity contribution in [2.75, 3.05) is 12.3 Å². The lowest BCUT2D eigenvalue weighted by atomic mass is 10.0. The number of alkyl halides is 3. The highest BCUT2D eigenvalue weighted by atomic mass is 35.5. The number of halogens is 4. The van der Waals surface area contributed by atoms with Gasteiger partial charge in [-0.1, -0.05) is 11.6 Å². The molecule has 0 heterocycles. The van der Waals surface area contributed by atoms with Crippen LogP contribution in [0.5, 0.6) is 5.75 Å². The highest BCUT2D eigenvalue weighted by Gasteiger charge is 2.47. The van der Waals surface area contributed by atoms with E-state index in [9.17, 15) is 27.9 Å². The van der Waals surface area contributed by atoms with E-state index in [0.29, 0.717) is 6.07 Å². The molecule has 0 spiro atoms. The normalized spacial score (nSPS) is 14.5. The van der Waals surface area contributed by atoms with Crippen LogP contribution in [0.1, 0.15) is 26.3 Å². The van der Waals surface area contributed by atoms with Crippen molar-refractivity contribution >= 4 is 29.2 Å². The van der Waals surface area contributed by atoms with Crippen LogP contribution in [0.3, 0.4) is 0 Å². The topological polar surface area (TPSA) is 125 Å². The van der Waals surface area contributed by atoms with Gasteiger partial charge in [-0.25, -0.2) is 9.59 Å². The van der Waals surface area contributed by atoms with Crippen LogP contribution in [0.4, 0.5) is 18.9 Å². The molecule has 7 nitrogen and oxygen atoms in total. The largest absolute Gasteiger partial charge is 0.488 e. The van der Waals surface area contributed by atoms with Gasteiger partial charge in [-0.2, -0.15) is 13.2 Å². The van der Waals surface area contributed by atoms with Crippen LogP contribution >= 0.6 is 11.6 Å². The predicted octanol–water partition coefficient (Wildman–Crippen LogP) is 2.44. The summed E-state index contributed by atoms with van der Waals surface area (Å²) in [6.07, 6.45) is -4.89. The summed E-state index contributed by atoms with van der Waals surface area (Å²) in [4.78, 5) is 23.5. The van der Waals surface area contributed by atoms with E-state index in [0.717, 1.165) is 6.07 Å². The zero-order chi connectivity index (χ0) is 20.5. The van der Waals surface area contributed by atoms with Gasteiger partial charge in [0.2, 0.25) is 5.54 Å². The number of nitrogens with two attached hydrogens (primary N) is 2. The number of benzene rings is 1. The third kappa shape index (κ3) is 5.15. The maximum Gasteiger partial charge on any atom is 0.420 e. The molecular weight excluding hydrogens is 381 g/mol. The summed E-state index contributed by atoms with van der Waals surface area (Å²) in [6.45, 7) is 3.25. The first kappa shape index (κ1) is 21.8. The van der Waals surface area contributed by atoms with Gasteiger partial charge in [-0.3, -0.25) is 0 Å². The number of esters is 1. The Morgan fingerprint density at radius 3 is 2.19 bits per heavy atom. The fourth-order valence-electron chi connectivity index (χ4n) is 1.75. The number of aliphatic carboxylic acids is 1. The molecule has 0 bridgehead atoms. The first-order chi connectivity index (χ1) is 11.6. The average molecular weight is 399 g/mol. The van der Waals surface area contributed by atoms with Crippen LogP contribution in [0.2, 0.25) is 5.02 Å². The molecule has 26 heavy (non-hydrogen) atoms. The molecule has 0 saturated carbocycles. The van der Waals surface area contributed by atoms with Crippen LogP contribution in [0.15, 0.2) is 12.1 Å². The van der Waals surface area contributed by atoms with E-state index in [1.807, 2.05) is 0 Å². The monoisotopic (exact) mass is 398 g/mol. The molecule has 11 heteroatoms. The number of rotatable bonds is 5. The zero-order valence-corrected chi connectivity index (χ0v) is 14.9. The third-order valence-electron chi connectivity index (χ3n) is 2.98. The number of carbonyl (C=O) groups excluding carboxylic acids is 1. The number of carboxylic acids is 1. The number of hydrogen-bond acceptors (Lipinski definition) is 6. The Labute approximate surface area is 152 Å². The standard InChI is InChI=1S/C15H18ClF3N2O5/c1-13(2,3)26-12(24)14(21,11(22)23)6-25-10-8(15(17,18)19)4-7(16)5-9(10)20/h4-5H,6,20-21H2,1-3H3,(H,22,23). The molecule has 0 aromatic heterocycles. The lowest BCUT2D eigenvalue weighted by molar-refractivity contribution is -0.170. The SMILES string of the molecule is CC(C)(C)OC(=O)C(N)(COc1c(N)cc(Cl)cc1C(F)(F)F)C(=O)O. The molecular formula is C15H18ClF3N2O5. The Hall–Kier alpha value is -2.20. The first-order valence-electron chi connectivity index (χ1n) is 7.12. The number of hydrogen-bond donors (Lipinski definition) is 3. The highest BCUT2D eigenvalue weighted by Crippen LogP contribution is 2.41. The van der Waals surface area contributed by atoms with Gasteiger partial charge in [0.1, 0.15) is 17.8 Å². The molecule has 5 N–H and O–H groups in total. The minimum atomic E-state index is -4.89. The van der Waals surface area contributed by atoms with Crippen molar-refractivity contribution in [2.24, 2.45) is 5.73 Å². The van der Waals surface area contributed by atoms with Crippen molar-refractivity contribution in [1.82, 2.24) is 0 Å². The van der Waals surface area contributed by atoms with E-state index in [2.05, 4.69) is 0 Å². The van der Waals surface area contributed by atoms with Crippen LogP contribution in [-0.2, 0) is 20.5 Å². The molecule has 0 amide bonds. The quantitative estimate of drug-likeness (QED) is 0.395. The average Bonchev–Trinajstić information content (AvgIpc) is 2.42. The lowest BCUT2D eigenvalue weighted by Crippen LogP contribution is -2.61. The van der Waals surface area contributed by atoms with Gasteiger partial charge in [0.05, 0.1) is 5.69 Å². The number of nitrogen functional groups attached to an aromatic ring is 1. The smallest absolute Gasteiger partial charge is 0.420 e. The molecule has 0 aliphatic rings. The second-order valence-corrected chi connectivity index (χ2v) is 6.87. The van der Waals surface area contributed by atoms with Gasteiger partial charge < -0.3 is 26.0 Å². The fraction of sp³-hybridized carbons (Fsp3) is 0.467. The summed E-state index contributed by atoms with van der Waals surface area (Å²) < 4.78 is 49.2. The summed E-state index contributed by atoms with van der Waals surface area (Å²) in [5.74, 6) is -4.10. The van der Waals surface area contributed by atoms with Crippen molar-refractivity contribution in [3.8, 4) is 5.75 Å². The van der Waals surface area contributed by atoms with Crippen molar-refractivity contribution in [3.63, 3.8) is 0 Å². The fourth-order valence-corrected chi connectivity index (χ4v) is 1.98. The van der Waals surface area contributed by atoms with Gasteiger partial charge in [-0.15, -0.1) is 0 Å². The molecule has 1 unspecified atom stereocenters. The summed E-state index contributed by atoms with van der Waals surface area (Å²) in [6, 6.07) is 1.54. The maximum atomic E-state index is 13.1. The Morgan fingerprint density at radius 2 is 1.77 bits per heavy atom. The molecule has 0 aliphatic carbocycles. The summed E-state index contributed by atoms with van der Waals surface area (Å²) >= 11 is 5.56. The van der Waals surface area contributed by atoms with E-state index in [-0.39, 0.29) is 5.02 Å². The van der Waals surface area contributed by atoms with Crippen molar-refractivity contribution < 1.29 is 37.3 Å². The van der Waals surface area contributed by atoms with Gasteiger partial charge >= 0.3 is 18.1 Å². The molecule has 1 rings (SSSR count). The zero-order valence-electron chi connectivity index (χ0n) is 14.1. The van der Waals surface area contributed by atoms with Crippen molar-refractivity contribution in [3.05, 3.63) is 22.7 Å². The lowest BCUT2D eigenvalue weighted by Gasteiger charge is -2.28. The summed E-state index contributed by atoms with van der Waals surface area (Å²) in [5, 5.41) is 8.94. The second-order valence-electron chi connectivity index (χ2n) is 6.44. The van der Waals surface area contributed by atoms with E-state index in [1.165, 1.54) is 20.8 Å². The maximum absolute atomic E-state index is 13.1. The van der Waals surface area contributed by atoms with Gasteiger partial charge in [0.25, 0.3) is 0 Å². The number of ether oxygens (including phenoxy) is 2. The molecule has 0 saturated heterocycles. The number of carbonyl (C=O) groups is 2. The van der Waals surface area contributed by atoms with Crippen LogP contribution in [-0.4, -0.2) is 34.8 Å².